The Kier molecular flexibility index (Phi) is 4.53. The Labute approximate surface area is 117 Å². The van der Waals surface area contributed by atoms with E-state index in [-0.39, 0.29) is 17.7 Å². The third-order valence-electron chi connectivity index (χ3n) is 3.53. The Hall–Kier alpha value is -1.42. The normalized spacial score (nSPS) is 14.8. The first-order valence-corrected chi connectivity index (χ1v) is 6.94. The summed E-state index contributed by atoms with van der Waals surface area (Å²) < 4.78 is 4.97. The fourth-order valence-corrected chi connectivity index (χ4v) is 2.41. The van der Waals surface area contributed by atoms with Crippen LogP contribution in [-0.2, 0) is 0 Å². The predicted octanol–water partition coefficient (Wildman–Crippen LogP) is 2.63. The van der Waals surface area contributed by atoms with Crippen LogP contribution in [0.4, 0.5) is 0 Å². The van der Waals surface area contributed by atoms with Gasteiger partial charge >= 0.3 is 0 Å². The molecule has 0 spiro atoms. The summed E-state index contributed by atoms with van der Waals surface area (Å²) in [5.41, 5.74) is 0.468. The van der Waals surface area contributed by atoms with Crippen molar-refractivity contribution in [1.82, 2.24) is 4.90 Å². The van der Waals surface area contributed by atoms with Crippen LogP contribution in [0.25, 0.3) is 0 Å². The maximum absolute atomic E-state index is 12.4. The molecule has 104 valence electrons. The van der Waals surface area contributed by atoms with Crippen molar-refractivity contribution in [3.8, 4) is 11.5 Å². The third-order valence-corrected chi connectivity index (χ3v) is 3.70. The van der Waals surface area contributed by atoms with Gasteiger partial charge in [-0.2, -0.15) is 0 Å². The van der Waals surface area contributed by atoms with Gasteiger partial charge in [0.25, 0.3) is 5.91 Å². The number of carbonyl (C=O) groups excluding carboxylic acids is 1. The van der Waals surface area contributed by atoms with Crippen molar-refractivity contribution in [3.05, 3.63) is 23.8 Å². The van der Waals surface area contributed by atoms with Crippen LogP contribution in [0, 0.1) is 0 Å². The van der Waals surface area contributed by atoms with Crippen LogP contribution in [0.15, 0.2) is 18.2 Å². The number of carbonyl (C=O) groups is 1. The van der Waals surface area contributed by atoms with E-state index in [1.807, 2.05) is 0 Å². The molecule has 0 aromatic heterocycles. The van der Waals surface area contributed by atoms with E-state index >= 15 is 0 Å². The van der Waals surface area contributed by atoms with Crippen LogP contribution in [0.1, 0.15) is 29.6 Å². The minimum Gasteiger partial charge on any atom is -0.504 e. The molecule has 0 saturated heterocycles. The number of halogens is 1. The maximum Gasteiger partial charge on any atom is 0.254 e. The summed E-state index contributed by atoms with van der Waals surface area (Å²) in [6.45, 7) is 0.540. The van der Waals surface area contributed by atoms with E-state index in [4.69, 9.17) is 16.3 Å². The lowest BCUT2D eigenvalue weighted by Crippen LogP contribution is -2.45. The number of alkyl halides is 1. The number of nitrogens with zero attached hydrogens (tertiary/aromatic N) is 1. The lowest BCUT2D eigenvalue weighted by Gasteiger charge is -2.37. The van der Waals surface area contributed by atoms with Crippen molar-refractivity contribution in [2.24, 2.45) is 0 Å². The van der Waals surface area contributed by atoms with Crippen LogP contribution in [0.2, 0.25) is 0 Å². The van der Waals surface area contributed by atoms with E-state index in [1.165, 1.54) is 13.2 Å². The topological polar surface area (TPSA) is 49.8 Å². The van der Waals surface area contributed by atoms with Gasteiger partial charge in [0.15, 0.2) is 11.5 Å². The van der Waals surface area contributed by atoms with E-state index in [2.05, 4.69) is 0 Å². The second-order valence-electron chi connectivity index (χ2n) is 4.66. The number of aromatic hydroxyl groups is 1. The number of benzene rings is 1. The van der Waals surface area contributed by atoms with Gasteiger partial charge in [-0.05, 0) is 37.5 Å². The molecule has 1 saturated carbocycles. The number of methoxy groups -OCH3 is 1. The fraction of sp³-hybridized carbons (Fsp3) is 0.500. The van der Waals surface area contributed by atoms with E-state index in [9.17, 15) is 9.90 Å². The summed E-state index contributed by atoms with van der Waals surface area (Å²) in [6, 6.07) is 5.00. The van der Waals surface area contributed by atoms with Crippen molar-refractivity contribution in [2.45, 2.75) is 25.3 Å². The largest absolute Gasteiger partial charge is 0.504 e. The monoisotopic (exact) mass is 283 g/mol. The zero-order valence-electron chi connectivity index (χ0n) is 10.9. The lowest BCUT2D eigenvalue weighted by atomic mass is 9.91. The summed E-state index contributed by atoms with van der Waals surface area (Å²) >= 11 is 5.77. The van der Waals surface area contributed by atoms with Gasteiger partial charge in [-0.25, -0.2) is 0 Å². The molecule has 0 unspecified atom stereocenters. The number of phenolic OH excluding ortho intramolecular Hbond substituents is 1. The summed E-state index contributed by atoms with van der Waals surface area (Å²) in [4.78, 5) is 14.2. The van der Waals surface area contributed by atoms with Crippen molar-refractivity contribution < 1.29 is 14.6 Å². The number of phenols is 1. The molecule has 0 radical (unpaired) electrons. The van der Waals surface area contributed by atoms with Crippen LogP contribution in [0.5, 0.6) is 11.5 Å². The summed E-state index contributed by atoms with van der Waals surface area (Å²) in [5.74, 6) is 0.685. The molecule has 1 aromatic rings. The lowest BCUT2D eigenvalue weighted by molar-refractivity contribution is 0.0597. The van der Waals surface area contributed by atoms with Gasteiger partial charge in [-0.3, -0.25) is 4.79 Å². The fourth-order valence-electron chi connectivity index (χ4n) is 2.23. The van der Waals surface area contributed by atoms with E-state index in [0.29, 0.717) is 23.7 Å². The van der Waals surface area contributed by atoms with Gasteiger partial charge in [-0.15, -0.1) is 11.6 Å². The molecule has 1 aliphatic rings. The molecule has 1 aliphatic carbocycles. The first kappa shape index (κ1) is 14.0. The molecule has 19 heavy (non-hydrogen) atoms. The minimum absolute atomic E-state index is 0.0206. The molecular formula is C14H18ClNO3. The average Bonchev–Trinajstić information content (AvgIpc) is 2.35. The van der Waals surface area contributed by atoms with Crippen molar-refractivity contribution in [3.63, 3.8) is 0 Å². The van der Waals surface area contributed by atoms with Crippen molar-refractivity contribution in [2.75, 3.05) is 19.5 Å². The Morgan fingerprint density at radius 2 is 2.26 bits per heavy atom. The van der Waals surface area contributed by atoms with Gasteiger partial charge in [0.1, 0.15) is 0 Å². The van der Waals surface area contributed by atoms with E-state index < -0.39 is 0 Å². The smallest absolute Gasteiger partial charge is 0.254 e. The van der Waals surface area contributed by atoms with Crippen LogP contribution < -0.4 is 4.74 Å². The number of hydrogen-bond donors (Lipinski definition) is 1. The molecule has 1 aromatic carbocycles. The molecule has 0 atom stereocenters. The number of rotatable bonds is 5. The molecule has 0 bridgehead atoms. The van der Waals surface area contributed by atoms with Crippen molar-refractivity contribution >= 4 is 17.5 Å². The van der Waals surface area contributed by atoms with Crippen LogP contribution in [0.3, 0.4) is 0 Å². The van der Waals surface area contributed by atoms with Gasteiger partial charge in [0.05, 0.1) is 7.11 Å². The van der Waals surface area contributed by atoms with Gasteiger partial charge in [-0.1, -0.05) is 0 Å². The van der Waals surface area contributed by atoms with Gasteiger partial charge in [0.2, 0.25) is 0 Å². The zero-order chi connectivity index (χ0) is 13.8. The Morgan fingerprint density at radius 3 is 2.74 bits per heavy atom. The van der Waals surface area contributed by atoms with Gasteiger partial charge in [0, 0.05) is 24.0 Å². The summed E-state index contributed by atoms with van der Waals surface area (Å²) in [5, 5.41) is 9.74. The molecule has 1 amide bonds. The maximum atomic E-state index is 12.4. The zero-order valence-corrected chi connectivity index (χ0v) is 11.7. The second-order valence-corrected chi connectivity index (χ2v) is 5.04. The molecule has 0 aliphatic heterocycles. The molecule has 5 heteroatoms. The van der Waals surface area contributed by atoms with Crippen LogP contribution >= 0.6 is 11.6 Å². The molecule has 2 rings (SSSR count). The number of ether oxygens (including phenoxy) is 1. The highest BCUT2D eigenvalue weighted by atomic mass is 35.5. The molecule has 1 fully saturated rings. The molecule has 0 heterocycles. The van der Waals surface area contributed by atoms with E-state index in [1.54, 1.807) is 17.0 Å². The summed E-state index contributed by atoms with van der Waals surface area (Å²) in [6.07, 6.45) is 3.22. The highest BCUT2D eigenvalue weighted by molar-refractivity contribution is 6.18. The number of hydrogen-bond acceptors (Lipinski definition) is 3. The molecule has 4 nitrogen and oxygen atoms in total. The first-order valence-electron chi connectivity index (χ1n) is 6.41. The van der Waals surface area contributed by atoms with Gasteiger partial charge < -0.3 is 14.7 Å². The molecule has 1 N–H and O–H groups in total. The Balaban J connectivity index is 2.18. The van der Waals surface area contributed by atoms with Crippen LogP contribution in [-0.4, -0.2) is 41.5 Å². The predicted molar refractivity (Wildman–Crippen MR) is 74.1 cm³/mol. The first-order chi connectivity index (χ1) is 9.17. The standard InChI is InChI=1S/C14H18ClNO3/c1-19-13-6-5-10(9-12(13)17)14(18)16(8-7-15)11-3-2-4-11/h5-6,9,11,17H,2-4,7-8H2,1H3. The quantitative estimate of drug-likeness (QED) is 0.845. The minimum atomic E-state index is -0.0803. The average molecular weight is 284 g/mol. The van der Waals surface area contributed by atoms with E-state index in [0.717, 1.165) is 19.3 Å². The van der Waals surface area contributed by atoms with Crippen molar-refractivity contribution in [1.29, 1.82) is 0 Å². The second kappa shape index (κ2) is 6.15. The Morgan fingerprint density at radius 1 is 1.53 bits per heavy atom. The number of amides is 1. The highest BCUT2D eigenvalue weighted by Gasteiger charge is 2.29. The SMILES string of the molecule is COc1ccc(C(=O)N(CCCl)C2CCC2)cc1O. The highest BCUT2D eigenvalue weighted by Crippen LogP contribution is 2.29. The Bertz CT molecular complexity index is 460. The third kappa shape index (κ3) is 2.95. The summed E-state index contributed by atoms with van der Waals surface area (Å²) in [7, 11) is 1.48. The molecular weight excluding hydrogens is 266 g/mol.